The van der Waals surface area contributed by atoms with E-state index in [-0.39, 0.29) is 0 Å². The normalized spacial score (nSPS) is 11.0. The van der Waals surface area contributed by atoms with Crippen LogP contribution in [0.25, 0.3) is 32.9 Å². The molecule has 4 rings (SSSR count). The van der Waals surface area contributed by atoms with Gasteiger partial charge in [0.1, 0.15) is 5.75 Å². The lowest BCUT2D eigenvalue weighted by Crippen LogP contribution is -1.88. The highest BCUT2D eigenvalue weighted by atomic mass is 79.9. The summed E-state index contributed by atoms with van der Waals surface area (Å²) in [6.07, 6.45) is 3.70. The van der Waals surface area contributed by atoms with Crippen molar-refractivity contribution in [1.29, 1.82) is 0 Å². The lowest BCUT2D eigenvalue weighted by molar-refractivity contribution is 0.415. The van der Waals surface area contributed by atoms with Crippen LogP contribution in [0.1, 0.15) is 0 Å². The number of nitrogens with zero attached hydrogens (tertiary/aromatic N) is 2. The van der Waals surface area contributed by atoms with E-state index < -0.39 is 0 Å². The maximum atomic E-state index is 5.21. The third-order valence-corrected chi connectivity index (χ3v) is 4.32. The van der Waals surface area contributed by atoms with Crippen molar-refractivity contribution in [3.05, 3.63) is 65.4 Å². The number of ether oxygens (including phenoxy) is 1. The lowest BCUT2D eigenvalue weighted by atomic mass is 10.0. The van der Waals surface area contributed by atoms with Crippen LogP contribution in [0.4, 0.5) is 0 Å². The molecule has 0 aliphatic carbocycles. The molecule has 0 bridgehead atoms. The summed E-state index contributed by atoms with van der Waals surface area (Å²) in [6.45, 7) is 0. The minimum absolute atomic E-state index is 0.850. The Kier molecular flexibility index (Phi) is 3.46. The van der Waals surface area contributed by atoms with Crippen LogP contribution in [0.3, 0.4) is 0 Å². The van der Waals surface area contributed by atoms with E-state index in [1.807, 2.05) is 30.5 Å². The van der Waals surface area contributed by atoms with E-state index in [0.29, 0.717) is 0 Å². The van der Waals surface area contributed by atoms with E-state index in [1.54, 1.807) is 13.3 Å². The Bertz CT molecular complexity index is 1010. The topological polar surface area (TPSA) is 35.0 Å². The number of hydrogen-bond acceptors (Lipinski definition) is 3. The number of halogens is 1. The van der Waals surface area contributed by atoms with E-state index >= 15 is 0 Å². The Balaban J connectivity index is 1.87. The molecule has 3 nitrogen and oxygen atoms in total. The molecule has 0 aliphatic rings. The molecule has 0 atom stereocenters. The van der Waals surface area contributed by atoms with E-state index in [2.05, 4.69) is 50.2 Å². The fourth-order valence-electron chi connectivity index (χ4n) is 2.71. The van der Waals surface area contributed by atoms with Gasteiger partial charge in [0.15, 0.2) is 0 Å². The fraction of sp³-hybridized carbons (Fsp3) is 0.0526. The Morgan fingerprint density at radius 1 is 0.783 bits per heavy atom. The number of pyridine rings is 2. The van der Waals surface area contributed by atoms with Crippen molar-refractivity contribution in [2.45, 2.75) is 0 Å². The van der Waals surface area contributed by atoms with Gasteiger partial charge in [-0.05, 0) is 45.8 Å². The summed E-state index contributed by atoms with van der Waals surface area (Å²) in [5.74, 6) is 0.850. The van der Waals surface area contributed by atoms with Gasteiger partial charge in [-0.25, -0.2) is 0 Å². The summed E-state index contributed by atoms with van der Waals surface area (Å²) in [4.78, 5) is 9.16. The number of rotatable bonds is 2. The average Bonchev–Trinajstić information content (AvgIpc) is 2.61. The van der Waals surface area contributed by atoms with Crippen LogP contribution in [0.5, 0.6) is 5.75 Å². The fourth-order valence-corrected chi connectivity index (χ4v) is 3.06. The van der Waals surface area contributed by atoms with Crippen molar-refractivity contribution >= 4 is 37.7 Å². The summed E-state index contributed by atoms with van der Waals surface area (Å²) >= 11 is 3.46. The first-order valence-corrected chi connectivity index (χ1v) is 8.02. The van der Waals surface area contributed by atoms with Gasteiger partial charge in [-0.1, -0.05) is 24.3 Å². The first-order valence-electron chi connectivity index (χ1n) is 7.23. The summed E-state index contributed by atoms with van der Waals surface area (Å²) in [7, 11) is 1.67. The van der Waals surface area contributed by atoms with Crippen molar-refractivity contribution in [3.8, 4) is 16.9 Å². The minimum Gasteiger partial charge on any atom is -0.497 e. The number of fused-ring (bicyclic) bond motifs is 3. The molecule has 2 aromatic carbocycles. The summed E-state index contributed by atoms with van der Waals surface area (Å²) in [6, 6.07) is 16.4. The maximum absolute atomic E-state index is 5.21. The summed E-state index contributed by atoms with van der Waals surface area (Å²) in [5, 5.41) is 2.16. The zero-order valence-corrected chi connectivity index (χ0v) is 14.0. The second-order valence-electron chi connectivity index (χ2n) is 5.32. The quantitative estimate of drug-likeness (QED) is 0.457. The van der Waals surface area contributed by atoms with E-state index in [9.17, 15) is 0 Å². The Hall–Kier alpha value is -2.46. The van der Waals surface area contributed by atoms with Crippen LogP contribution in [-0.4, -0.2) is 17.1 Å². The van der Waals surface area contributed by atoms with Crippen LogP contribution in [0.15, 0.2) is 65.4 Å². The predicted molar refractivity (Wildman–Crippen MR) is 96.7 cm³/mol. The molecule has 112 valence electrons. The molecule has 0 radical (unpaired) electrons. The molecule has 4 heteroatoms. The van der Waals surface area contributed by atoms with Crippen LogP contribution in [0, 0.1) is 0 Å². The molecule has 0 saturated carbocycles. The zero-order valence-electron chi connectivity index (χ0n) is 12.5. The van der Waals surface area contributed by atoms with Crippen molar-refractivity contribution in [1.82, 2.24) is 9.97 Å². The molecular formula is C19H13BrN2O. The van der Waals surface area contributed by atoms with E-state index in [0.717, 1.165) is 43.2 Å². The molecular weight excluding hydrogens is 352 g/mol. The van der Waals surface area contributed by atoms with Gasteiger partial charge in [-0.2, -0.15) is 0 Å². The van der Waals surface area contributed by atoms with Gasteiger partial charge in [0.05, 0.1) is 18.1 Å². The maximum Gasteiger partial charge on any atom is 0.118 e. The predicted octanol–water partition coefficient (Wildman–Crippen LogP) is 5.22. The number of hydrogen-bond donors (Lipinski definition) is 0. The SMILES string of the molecule is COc1ccc(-c2cnc3c(ccc4cc(Br)cnc43)c2)cc1. The first kappa shape index (κ1) is 14.2. The van der Waals surface area contributed by atoms with Crippen molar-refractivity contribution in [3.63, 3.8) is 0 Å². The largest absolute Gasteiger partial charge is 0.497 e. The molecule has 2 aromatic heterocycles. The summed E-state index contributed by atoms with van der Waals surface area (Å²) in [5.41, 5.74) is 4.04. The van der Waals surface area contributed by atoms with Gasteiger partial charge in [-0.3, -0.25) is 9.97 Å². The Labute approximate surface area is 142 Å². The molecule has 0 saturated heterocycles. The third kappa shape index (κ3) is 2.55. The van der Waals surface area contributed by atoms with Crippen LogP contribution >= 0.6 is 15.9 Å². The second kappa shape index (κ2) is 5.63. The van der Waals surface area contributed by atoms with Crippen LogP contribution in [0.2, 0.25) is 0 Å². The average molecular weight is 365 g/mol. The monoisotopic (exact) mass is 364 g/mol. The van der Waals surface area contributed by atoms with Gasteiger partial charge in [-0.15, -0.1) is 0 Å². The molecule has 4 aromatic rings. The van der Waals surface area contributed by atoms with Crippen molar-refractivity contribution < 1.29 is 4.74 Å². The van der Waals surface area contributed by atoms with Gasteiger partial charge in [0.2, 0.25) is 0 Å². The molecule has 0 N–H and O–H groups in total. The molecule has 0 aliphatic heterocycles. The van der Waals surface area contributed by atoms with Crippen LogP contribution in [-0.2, 0) is 0 Å². The molecule has 0 spiro atoms. The molecule has 23 heavy (non-hydrogen) atoms. The molecule has 0 amide bonds. The number of aromatic nitrogens is 2. The lowest BCUT2D eigenvalue weighted by Gasteiger charge is -2.07. The highest BCUT2D eigenvalue weighted by Crippen LogP contribution is 2.28. The number of methoxy groups -OCH3 is 1. The third-order valence-electron chi connectivity index (χ3n) is 3.89. The van der Waals surface area contributed by atoms with Gasteiger partial charge >= 0.3 is 0 Å². The highest BCUT2D eigenvalue weighted by molar-refractivity contribution is 9.10. The molecule has 0 fully saturated rings. The van der Waals surface area contributed by atoms with Crippen molar-refractivity contribution in [2.75, 3.05) is 7.11 Å². The minimum atomic E-state index is 0.850. The Morgan fingerprint density at radius 2 is 1.43 bits per heavy atom. The van der Waals surface area contributed by atoms with E-state index in [1.165, 1.54) is 0 Å². The van der Waals surface area contributed by atoms with Gasteiger partial charge < -0.3 is 4.74 Å². The summed E-state index contributed by atoms with van der Waals surface area (Å²) < 4.78 is 6.18. The van der Waals surface area contributed by atoms with Crippen LogP contribution < -0.4 is 4.74 Å². The Morgan fingerprint density at radius 3 is 2.13 bits per heavy atom. The molecule has 0 unspecified atom stereocenters. The van der Waals surface area contributed by atoms with Gasteiger partial charge in [0, 0.05) is 33.2 Å². The second-order valence-corrected chi connectivity index (χ2v) is 6.23. The van der Waals surface area contributed by atoms with Gasteiger partial charge in [0.25, 0.3) is 0 Å². The first-order chi connectivity index (χ1) is 11.2. The smallest absolute Gasteiger partial charge is 0.118 e. The van der Waals surface area contributed by atoms with E-state index in [4.69, 9.17) is 4.74 Å². The van der Waals surface area contributed by atoms with Crippen molar-refractivity contribution in [2.24, 2.45) is 0 Å². The standard InChI is InChI=1S/C19H13BrN2O/c1-23-17-6-4-12(5-7-17)15-8-13-2-3-14-9-16(20)11-22-19(14)18(13)21-10-15/h2-11H,1H3. The zero-order chi connectivity index (χ0) is 15.8. The molecule has 2 heterocycles. The highest BCUT2D eigenvalue weighted by Gasteiger charge is 2.06. The number of benzene rings is 2.